The summed E-state index contributed by atoms with van der Waals surface area (Å²) in [6.07, 6.45) is 2.47. The van der Waals surface area contributed by atoms with E-state index < -0.39 is 6.04 Å². The molecule has 18 heavy (non-hydrogen) atoms. The van der Waals surface area contributed by atoms with Crippen LogP contribution in [0.4, 0.5) is 0 Å². The molecule has 0 aliphatic carbocycles. The number of carbonyl (C=O) groups is 1. The molecule has 0 saturated carbocycles. The maximum atomic E-state index is 12.1. The van der Waals surface area contributed by atoms with Crippen LogP contribution in [0.1, 0.15) is 30.9 Å². The van der Waals surface area contributed by atoms with E-state index in [1.165, 1.54) is 5.56 Å². The van der Waals surface area contributed by atoms with Crippen molar-refractivity contribution in [2.45, 2.75) is 38.8 Å². The van der Waals surface area contributed by atoms with Gasteiger partial charge >= 0.3 is 0 Å². The average Bonchev–Trinajstić information content (AvgIpc) is 2.37. The summed E-state index contributed by atoms with van der Waals surface area (Å²) in [5.41, 5.74) is 8.10. The third-order valence-corrected chi connectivity index (χ3v) is 3.43. The number of hydrogen-bond acceptors (Lipinski definition) is 3. The van der Waals surface area contributed by atoms with Crippen LogP contribution in [0.3, 0.4) is 0 Å². The molecule has 3 N–H and O–H groups in total. The minimum absolute atomic E-state index is 0.0193. The lowest BCUT2D eigenvalue weighted by Crippen LogP contribution is -2.45. The molecule has 1 aromatic carbocycles. The largest absolute Gasteiger partial charge is 0.508 e. The zero-order valence-electron chi connectivity index (χ0n) is 10.7. The number of fused-ring (bicyclic) bond motifs is 1. The van der Waals surface area contributed by atoms with Crippen LogP contribution in [0.25, 0.3) is 0 Å². The van der Waals surface area contributed by atoms with Crippen LogP contribution in [0, 0.1) is 0 Å². The molecular weight excluding hydrogens is 228 g/mol. The van der Waals surface area contributed by atoms with E-state index in [2.05, 4.69) is 0 Å². The summed E-state index contributed by atoms with van der Waals surface area (Å²) in [5, 5.41) is 9.48. The molecule has 2 rings (SSSR count). The van der Waals surface area contributed by atoms with E-state index in [4.69, 9.17) is 5.73 Å². The lowest BCUT2D eigenvalue weighted by atomic mass is 9.98. The molecule has 1 aromatic rings. The lowest BCUT2D eigenvalue weighted by Gasteiger charge is -2.30. The number of nitrogens with zero attached hydrogens (tertiary/aromatic N) is 1. The van der Waals surface area contributed by atoms with E-state index in [9.17, 15) is 9.90 Å². The number of amides is 1. The van der Waals surface area contributed by atoms with Gasteiger partial charge in [-0.15, -0.1) is 0 Å². The Balaban J connectivity index is 2.09. The number of hydrogen-bond donors (Lipinski definition) is 2. The Labute approximate surface area is 107 Å². The van der Waals surface area contributed by atoms with Crippen LogP contribution in [0.15, 0.2) is 18.2 Å². The van der Waals surface area contributed by atoms with Gasteiger partial charge in [0.05, 0.1) is 6.04 Å². The number of phenolic OH excluding ortho intramolecular Hbond substituents is 1. The molecule has 4 heteroatoms. The fourth-order valence-corrected chi connectivity index (χ4v) is 2.40. The highest BCUT2D eigenvalue weighted by atomic mass is 16.3. The fourth-order valence-electron chi connectivity index (χ4n) is 2.40. The molecule has 1 aliphatic heterocycles. The highest BCUT2D eigenvalue weighted by molar-refractivity contribution is 5.81. The number of aromatic hydroxyl groups is 1. The number of benzene rings is 1. The van der Waals surface area contributed by atoms with Crippen molar-refractivity contribution in [3.8, 4) is 5.75 Å². The highest BCUT2D eigenvalue weighted by Gasteiger charge is 2.24. The van der Waals surface area contributed by atoms with Gasteiger partial charge in [-0.25, -0.2) is 0 Å². The zero-order valence-corrected chi connectivity index (χ0v) is 10.7. The molecule has 0 aromatic heterocycles. The topological polar surface area (TPSA) is 66.6 Å². The van der Waals surface area contributed by atoms with Crippen molar-refractivity contribution in [2.75, 3.05) is 6.54 Å². The first kappa shape index (κ1) is 12.9. The number of rotatable bonds is 3. The molecule has 98 valence electrons. The molecule has 1 amide bonds. The Morgan fingerprint density at radius 3 is 3.00 bits per heavy atom. The van der Waals surface area contributed by atoms with Crippen molar-refractivity contribution >= 4 is 5.91 Å². The predicted molar refractivity (Wildman–Crippen MR) is 70.1 cm³/mol. The van der Waals surface area contributed by atoms with E-state index in [0.29, 0.717) is 13.1 Å². The van der Waals surface area contributed by atoms with E-state index >= 15 is 0 Å². The Bertz CT molecular complexity index is 445. The Hall–Kier alpha value is -1.55. The number of nitrogens with two attached hydrogens (primary N) is 1. The summed E-state index contributed by atoms with van der Waals surface area (Å²) >= 11 is 0. The van der Waals surface area contributed by atoms with Gasteiger partial charge in [-0.3, -0.25) is 4.79 Å². The number of phenols is 1. The van der Waals surface area contributed by atoms with Gasteiger partial charge in [-0.1, -0.05) is 19.4 Å². The van der Waals surface area contributed by atoms with Gasteiger partial charge in [0.15, 0.2) is 0 Å². The molecule has 0 spiro atoms. The summed E-state index contributed by atoms with van der Waals surface area (Å²) in [6, 6.07) is 4.96. The molecule has 0 saturated heterocycles. The molecule has 0 bridgehead atoms. The van der Waals surface area contributed by atoms with Crippen LogP contribution in [0.5, 0.6) is 5.75 Å². The maximum absolute atomic E-state index is 12.1. The third-order valence-electron chi connectivity index (χ3n) is 3.43. The Morgan fingerprint density at radius 1 is 1.50 bits per heavy atom. The van der Waals surface area contributed by atoms with E-state index in [1.54, 1.807) is 17.0 Å². The minimum atomic E-state index is -0.395. The molecule has 1 heterocycles. The molecule has 0 radical (unpaired) electrons. The summed E-state index contributed by atoms with van der Waals surface area (Å²) in [6.45, 7) is 3.30. The SMILES string of the molecule is CCCC(N)C(=O)N1CCc2ccc(O)cc2C1. The van der Waals surface area contributed by atoms with Gasteiger partial charge in [0.2, 0.25) is 5.91 Å². The van der Waals surface area contributed by atoms with Gasteiger partial charge in [-0.05, 0) is 36.1 Å². The van der Waals surface area contributed by atoms with Gasteiger partial charge in [0.25, 0.3) is 0 Å². The van der Waals surface area contributed by atoms with Crippen molar-refractivity contribution in [3.63, 3.8) is 0 Å². The highest BCUT2D eigenvalue weighted by Crippen LogP contribution is 2.23. The fraction of sp³-hybridized carbons (Fsp3) is 0.500. The molecule has 1 unspecified atom stereocenters. The van der Waals surface area contributed by atoms with Crippen molar-refractivity contribution in [1.29, 1.82) is 0 Å². The smallest absolute Gasteiger partial charge is 0.239 e. The summed E-state index contributed by atoms with van der Waals surface area (Å²) < 4.78 is 0. The van der Waals surface area contributed by atoms with Crippen LogP contribution >= 0.6 is 0 Å². The normalized spacial score (nSPS) is 16.2. The molecule has 1 atom stereocenters. The maximum Gasteiger partial charge on any atom is 0.239 e. The second-order valence-corrected chi connectivity index (χ2v) is 4.86. The lowest BCUT2D eigenvalue weighted by molar-refractivity contribution is -0.133. The Kier molecular flexibility index (Phi) is 3.87. The summed E-state index contributed by atoms with van der Waals surface area (Å²) in [7, 11) is 0. The van der Waals surface area contributed by atoms with Gasteiger partial charge in [0.1, 0.15) is 5.75 Å². The van der Waals surface area contributed by atoms with Crippen molar-refractivity contribution in [3.05, 3.63) is 29.3 Å². The number of carbonyl (C=O) groups excluding carboxylic acids is 1. The van der Waals surface area contributed by atoms with Crippen molar-refractivity contribution in [1.82, 2.24) is 4.90 Å². The van der Waals surface area contributed by atoms with E-state index in [1.807, 2.05) is 13.0 Å². The van der Waals surface area contributed by atoms with Gasteiger partial charge in [0, 0.05) is 13.1 Å². The molecule has 4 nitrogen and oxygen atoms in total. The Morgan fingerprint density at radius 2 is 2.28 bits per heavy atom. The van der Waals surface area contributed by atoms with Crippen molar-refractivity contribution in [2.24, 2.45) is 5.73 Å². The van der Waals surface area contributed by atoms with E-state index in [-0.39, 0.29) is 11.7 Å². The molecule has 0 fully saturated rings. The van der Waals surface area contributed by atoms with E-state index in [0.717, 1.165) is 24.8 Å². The minimum Gasteiger partial charge on any atom is -0.508 e. The summed E-state index contributed by atoms with van der Waals surface area (Å²) in [5.74, 6) is 0.270. The van der Waals surface area contributed by atoms with Crippen LogP contribution in [-0.2, 0) is 17.8 Å². The monoisotopic (exact) mass is 248 g/mol. The predicted octanol–water partition coefficient (Wildman–Crippen LogP) is 1.40. The van der Waals surface area contributed by atoms with Crippen molar-refractivity contribution < 1.29 is 9.90 Å². The first-order chi connectivity index (χ1) is 8.61. The van der Waals surface area contributed by atoms with Gasteiger partial charge in [-0.2, -0.15) is 0 Å². The first-order valence-corrected chi connectivity index (χ1v) is 6.47. The summed E-state index contributed by atoms with van der Waals surface area (Å²) in [4.78, 5) is 13.9. The van der Waals surface area contributed by atoms with Crippen LogP contribution < -0.4 is 5.73 Å². The van der Waals surface area contributed by atoms with Gasteiger partial charge < -0.3 is 15.7 Å². The quantitative estimate of drug-likeness (QED) is 0.849. The van der Waals surface area contributed by atoms with Crippen LogP contribution in [-0.4, -0.2) is 28.5 Å². The molecule has 1 aliphatic rings. The second kappa shape index (κ2) is 5.40. The molecular formula is C14H20N2O2. The average molecular weight is 248 g/mol. The second-order valence-electron chi connectivity index (χ2n) is 4.86. The third kappa shape index (κ3) is 2.64. The first-order valence-electron chi connectivity index (χ1n) is 6.47. The van der Waals surface area contributed by atoms with Crippen LogP contribution in [0.2, 0.25) is 0 Å². The standard InChI is InChI=1S/C14H20N2O2/c1-2-3-13(15)14(18)16-7-6-10-4-5-12(17)8-11(10)9-16/h4-5,8,13,17H,2-3,6-7,9,15H2,1H3. The zero-order chi connectivity index (χ0) is 13.1.